The third kappa shape index (κ3) is 6.26. The quantitative estimate of drug-likeness (QED) is 0.413. The number of aromatic nitrogens is 2. The first kappa shape index (κ1) is 20.7. The average molecular weight is 433 g/mol. The van der Waals surface area contributed by atoms with Crippen molar-refractivity contribution < 1.29 is 18.7 Å². The Bertz CT molecular complexity index is 995. The SMILES string of the molecule is COC(=O)c1cccc(NC(=O)CSc2nnc(NCc3ccc(F)cc3)s2)c1. The highest BCUT2D eigenvalue weighted by Crippen LogP contribution is 2.26. The summed E-state index contributed by atoms with van der Waals surface area (Å²) in [4.78, 5) is 23.7. The van der Waals surface area contributed by atoms with Crippen LogP contribution >= 0.6 is 23.1 Å². The molecule has 7 nitrogen and oxygen atoms in total. The van der Waals surface area contributed by atoms with Gasteiger partial charge in [-0.1, -0.05) is 41.3 Å². The van der Waals surface area contributed by atoms with Crippen molar-refractivity contribution >= 4 is 45.8 Å². The van der Waals surface area contributed by atoms with Gasteiger partial charge in [-0.25, -0.2) is 9.18 Å². The van der Waals surface area contributed by atoms with Crippen LogP contribution in [-0.4, -0.2) is 34.9 Å². The molecular formula is C19H17FN4O3S2. The normalized spacial score (nSPS) is 10.4. The summed E-state index contributed by atoms with van der Waals surface area (Å²) < 4.78 is 18.2. The number of carbonyl (C=O) groups is 2. The molecule has 1 heterocycles. The van der Waals surface area contributed by atoms with Crippen molar-refractivity contribution in [3.05, 3.63) is 65.5 Å². The summed E-state index contributed by atoms with van der Waals surface area (Å²) in [7, 11) is 1.30. The van der Waals surface area contributed by atoms with Crippen molar-refractivity contribution in [1.29, 1.82) is 0 Å². The van der Waals surface area contributed by atoms with E-state index in [0.29, 0.717) is 27.3 Å². The molecule has 29 heavy (non-hydrogen) atoms. The van der Waals surface area contributed by atoms with Gasteiger partial charge in [-0.3, -0.25) is 4.79 Å². The molecule has 0 fully saturated rings. The first-order chi connectivity index (χ1) is 14.0. The van der Waals surface area contributed by atoms with Crippen molar-refractivity contribution in [3.8, 4) is 0 Å². The Hall–Kier alpha value is -2.98. The van der Waals surface area contributed by atoms with Gasteiger partial charge in [-0.15, -0.1) is 10.2 Å². The van der Waals surface area contributed by atoms with E-state index < -0.39 is 5.97 Å². The highest BCUT2D eigenvalue weighted by molar-refractivity contribution is 8.01. The predicted octanol–water partition coefficient (Wildman–Crippen LogP) is 3.81. The first-order valence-corrected chi connectivity index (χ1v) is 10.3. The maximum atomic E-state index is 12.9. The second kappa shape index (κ2) is 9.99. The molecule has 0 bridgehead atoms. The fourth-order valence-corrected chi connectivity index (χ4v) is 3.83. The van der Waals surface area contributed by atoms with Crippen LogP contribution in [0.25, 0.3) is 0 Å². The lowest BCUT2D eigenvalue weighted by atomic mass is 10.2. The van der Waals surface area contributed by atoms with E-state index in [1.165, 1.54) is 42.3 Å². The fraction of sp³-hybridized carbons (Fsp3) is 0.158. The third-order valence-electron chi connectivity index (χ3n) is 3.66. The lowest BCUT2D eigenvalue weighted by Gasteiger charge is -2.06. The number of ether oxygens (including phenoxy) is 1. The Balaban J connectivity index is 1.47. The smallest absolute Gasteiger partial charge is 0.337 e. The van der Waals surface area contributed by atoms with Crippen LogP contribution in [-0.2, 0) is 16.1 Å². The molecule has 1 aromatic heterocycles. The van der Waals surface area contributed by atoms with Crippen LogP contribution in [0, 0.1) is 5.82 Å². The molecule has 0 radical (unpaired) electrons. The molecular weight excluding hydrogens is 415 g/mol. The Morgan fingerprint density at radius 2 is 1.97 bits per heavy atom. The number of halogens is 1. The molecule has 3 aromatic rings. The van der Waals surface area contributed by atoms with E-state index in [9.17, 15) is 14.0 Å². The van der Waals surface area contributed by atoms with E-state index in [1.807, 2.05) is 0 Å². The number of carbonyl (C=O) groups excluding carboxylic acids is 2. The Morgan fingerprint density at radius 3 is 2.72 bits per heavy atom. The number of anilines is 2. The minimum atomic E-state index is -0.468. The van der Waals surface area contributed by atoms with Crippen LogP contribution in [0.4, 0.5) is 15.2 Å². The molecule has 0 saturated heterocycles. The molecule has 0 atom stereocenters. The van der Waals surface area contributed by atoms with Crippen molar-refractivity contribution in [1.82, 2.24) is 10.2 Å². The van der Waals surface area contributed by atoms with Gasteiger partial charge < -0.3 is 15.4 Å². The molecule has 2 N–H and O–H groups in total. The van der Waals surface area contributed by atoms with E-state index >= 15 is 0 Å². The zero-order chi connectivity index (χ0) is 20.6. The van der Waals surface area contributed by atoms with Gasteiger partial charge in [0.05, 0.1) is 18.4 Å². The van der Waals surface area contributed by atoms with E-state index in [2.05, 4.69) is 25.6 Å². The minimum Gasteiger partial charge on any atom is -0.465 e. The number of nitrogens with one attached hydrogen (secondary N) is 2. The van der Waals surface area contributed by atoms with Gasteiger partial charge in [0.15, 0.2) is 4.34 Å². The predicted molar refractivity (Wildman–Crippen MR) is 111 cm³/mol. The molecule has 1 amide bonds. The summed E-state index contributed by atoms with van der Waals surface area (Å²) >= 11 is 2.59. The molecule has 2 aromatic carbocycles. The standard InChI is InChI=1S/C19H17FN4O3S2/c1-27-17(26)13-3-2-4-15(9-13)22-16(25)11-28-19-24-23-18(29-19)21-10-12-5-7-14(20)8-6-12/h2-9H,10-11H2,1H3,(H,21,23)(H,22,25). The maximum absolute atomic E-state index is 12.9. The lowest BCUT2D eigenvalue weighted by molar-refractivity contribution is -0.113. The van der Waals surface area contributed by atoms with E-state index in [4.69, 9.17) is 0 Å². The largest absolute Gasteiger partial charge is 0.465 e. The summed E-state index contributed by atoms with van der Waals surface area (Å²) in [6.07, 6.45) is 0. The number of benzene rings is 2. The average Bonchev–Trinajstić information content (AvgIpc) is 3.19. The van der Waals surface area contributed by atoms with Crippen LogP contribution < -0.4 is 10.6 Å². The Morgan fingerprint density at radius 1 is 1.17 bits per heavy atom. The van der Waals surface area contributed by atoms with Gasteiger partial charge in [0.25, 0.3) is 0 Å². The monoisotopic (exact) mass is 432 g/mol. The highest BCUT2D eigenvalue weighted by atomic mass is 32.2. The van der Waals surface area contributed by atoms with Crippen molar-refractivity contribution in [2.45, 2.75) is 10.9 Å². The zero-order valence-electron chi connectivity index (χ0n) is 15.3. The summed E-state index contributed by atoms with van der Waals surface area (Å²) in [6.45, 7) is 0.497. The molecule has 150 valence electrons. The number of thioether (sulfide) groups is 1. The number of hydrogen-bond acceptors (Lipinski definition) is 8. The van der Waals surface area contributed by atoms with Gasteiger partial charge in [-0.2, -0.15) is 0 Å². The molecule has 0 spiro atoms. The van der Waals surface area contributed by atoms with Crippen LogP contribution in [0.15, 0.2) is 52.9 Å². The number of esters is 1. The molecule has 0 unspecified atom stereocenters. The van der Waals surface area contributed by atoms with Crippen LogP contribution in [0.3, 0.4) is 0 Å². The third-order valence-corrected chi connectivity index (χ3v) is 5.67. The lowest BCUT2D eigenvalue weighted by Crippen LogP contribution is -2.14. The summed E-state index contributed by atoms with van der Waals surface area (Å²) in [5, 5.41) is 14.5. The molecule has 0 aliphatic carbocycles. The van der Waals surface area contributed by atoms with Crippen molar-refractivity contribution in [3.63, 3.8) is 0 Å². The number of methoxy groups -OCH3 is 1. The van der Waals surface area contributed by atoms with Gasteiger partial charge in [-0.05, 0) is 35.9 Å². The van der Waals surface area contributed by atoms with Crippen molar-refractivity contribution in [2.24, 2.45) is 0 Å². The van der Waals surface area contributed by atoms with Gasteiger partial charge in [0.2, 0.25) is 11.0 Å². The molecule has 0 aliphatic heterocycles. The number of hydrogen-bond donors (Lipinski definition) is 2. The van der Waals surface area contributed by atoms with Crippen LogP contribution in [0.5, 0.6) is 0 Å². The second-order valence-corrected chi connectivity index (χ2v) is 7.96. The van der Waals surface area contributed by atoms with E-state index in [-0.39, 0.29) is 17.5 Å². The summed E-state index contributed by atoms with van der Waals surface area (Å²) in [6, 6.07) is 12.7. The number of nitrogens with zero attached hydrogens (tertiary/aromatic N) is 2. The Kier molecular flexibility index (Phi) is 7.14. The number of rotatable bonds is 8. The Labute approximate surface area is 174 Å². The van der Waals surface area contributed by atoms with Crippen molar-refractivity contribution in [2.75, 3.05) is 23.5 Å². The van der Waals surface area contributed by atoms with Gasteiger partial charge in [0.1, 0.15) is 5.82 Å². The van der Waals surface area contributed by atoms with E-state index in [0.717, 1.165) is 5.56 Å². The maximum Gasteiger partial charge on any atom is 0.337 e. The number of amides is 1. The minimum absolute atomic E-state index is 0.148. The molecule has 0 aliphatic rings. The summed E-state index contributed by atoms with van der Waals surface area (Å²) in [5.41, 5.74) is 1.79. The molecule has 0 saturated carbocycles. The second-order valence-electron chi connectivity index (χ2n) is 5.76. The zero-order valence-corrected chi connectivity index (χ0v) is 17.0. The van der Waals surface area contributed by atoms with Crippen LogP contribution in [0.1, 0.15) is 15.9 Å². The fourth-order valence-electron chi connectivity index (χ4n) is 2.29. The highest BCUT2D eigenvalue weighted by Gasteiger charge is 2.10. The van der Waals surface area contributed by atoms with Gasteiger partial charge in [0, 0.05) is 12.2 Å². The van der Waals surface area contributed by atoms with Gasteiger partial charge >= 0.3 is 5.97 Å². The molecule has 10 heteroatoms. The topological polar surface area (TPSA) is 93.2 Å². The van der Waals surface area contributed by atoms with Crippen LogP contribution in [0.2, 0.25) is 0 Å². The van der Waals surface area contributed by atoms with E-state index in [1.54, 1.807) is 36.4 Å². The molecule has 3 rings (SSSR count). The summed E-state index contributed by atoms with van der Waals surface area (Å²) in [5.74, 6) is -0.827. The first-order valence-electron chi connectivity index (χ1n) is 8.46.